The van der Waals surface area contributed by atoms with Crippen LogP contribution in [0.3, 0.4) is 0 Å². The number of carbonyl (C=O) groups excluding carboxylic acids is 6. The lowest BCUT2D eigenvalue weighted by atomic mass is 10.2. The third-order valence-corrected chi connectivity index (χ3v) is 4.68. The van der Waals surface area contributed by atoms with Crippen LogP contribution in [0.4, 0.5) is 0 Å². The minimum absolute atomic E-state index is 0.0315. The van der Waals surface area contributed by atoms with E-state index in [1.807, 2.05) is 0 Å². The highest BCUT2D eigenvalue weighted by Gasteiger charge is 2.27. The molecule has 0 aromatic heterocycles. The fourth-order valence-electron chi connectivity index (χ4n) is 3.00. The predicted molar refractivity (Wildman–Crippen MR) is 121 cm³/mol. The first-order valence-electron chi connectivity index (χ1n) is 10.6. The number of esters is 3. The van der Waals surface area contributed by atoms with Crippen LogP contribution in [0.2, 0.25) is 0 Å². The predicted octanol–water partition coefficient (Wildman–Crippen LogP) is -0.147. The lowest BCUT2D eigenvalue weighted by molar-refractivity contribution is -0.155. The zero-order valence-corrected chi connectivity index (χ0v) is 21.2. The number of hydrogen-bond acceptors (Lipinski definition) is 9. The second-order valence-electron chi connectivity index (χ2n) is 7.63. The van der Waals surface area contributed by atoms with Crippen molar-refractivity contribution in [3.63, 3.8) is 0 Å². The van der Waals surface area contributed by atoms with Gasteiger partial charge in [0.15, 0.2) is 0 Å². The van der Waals surface area contributed by atoms with Gasteiger partial charge in [-0.3, -0.25) is 28.8 Å². The van der Waals surface area contributed by atoms with Crippen LogP contribution >= 0.6 is 11.6 Å². The minimum Gasteiger partial charge on any atom is -0.459 e. The average molecular weight is 508 g/mol. The Morgan fingerprint density at radius 2 is 1.00 bits per heavy atom. The van der Waals surface area contributed by atoms with E-state index in [0.29, 0.717) is 0 Å². The highest BCUT2D eigenvalue weighted by Crippen LogP contribution is 2.09. The van der Waals surface area contributed by atoms with Gasteiger partial charge in [0.1, 0.15) is 18.3 Å². The molecule has 3 atom stereocenters. The van der Waals surface area contributed by atoms with Gasteiger partial charge in [-0.1, -0.05) is 0 Å². The molecule has 0 aliphatic carbocycles. The number of amides is 3. The molecule has 0 fully saturated rings. The molecule has 13 heteroatoms. The zero-order valence-electron chi connectivity index (χ0n) is 20.4. The second-order valence-corrected chi connectivity index (χ2v) is 7.94. The van der Waals surface area contributed by atoms with Crippen molar-refractivity contribution < 1.29 is 43.0 Å². The van der Waals surface area contributed by atoms with Gasteiger partial charge in [0.25, 0.3) is 0 Å². The van der Waals surface area contributed by atoms with Crippen LogP contribution in [0.1, 0.15) is 41.5 Å². The Hall–Kier alpha value is -2.89. The molecule has 0 unspecified atom stereocenters. The van der Waals surface area contributed by atoms with E-state index >= 15 is 0 Å². The summed E-state index contributed by atoms with van der Waals surface area (Å²) in [5, 5.41) is 2.53. The van der Waals surface area contributed by atoms with Gasteiger partial charge in [-0.05, 0) is 0 Å². The molecule has 0 saturated heterocycles. The second kappa shape index (κ2) is 15.9. The Morgan fingerprint density at radius 1 is 0.647 bits per heavy atom. The fourth-order valence-corrected chi connectivity index (χ4v) is 3.16. The van der Waals surface area contributed by atoms with Crippen molar-refractivity contribution in [1.29, 1.82) is 0 Å². The zero-order chi connectivity index (χ0) is 26.4. The van der Waals surface area contributed by atoms with E-state index in [-0.39, 0.29) is 44.5 Å². The first-order chi connectivity index (χ1) is 15.7. The standard InChI is InChI=1S/C21H34ClN3O9/c1-13(26)23-8-20(33-17(5)30)10-25(15(3)28)12-21(34-18(6)31)11-24(14(2)27)9-19(7-22)32-16(4)29/h19-21H,7-12H2,1-6H3,(H,23,26)/t19-,20+,21-/m1/s1. The molecule has 0 rings (SSSR count). The minimum atomic E-state index is -0.947. The Balaban J connectivity index is 5.61. The number of halogens is 1. The van der Waals surface area contributed by atoms with Crippen LogP contribution in [0.25, 0.3) is 0 Å². The van der Waals surface area contributed by atoms with Crippen LogP contribution in [0.5, 0.6) is 0 Å². The van der Waals surface area contributed by atoms with Crippen LogP contribution in [0.15, 0.2) is 0 Å². The van der Waals surface area contributed by atoms with E-state index in [1.165, 1.54) is 51.3 Å². The van der Waals surface area contributed by atoms with Crippen molar-refractivity contribution in [2.75, 3.05) is 38.6 Å². The quantitative estimate of drug-likeness (QED) is 0.192. The van der Waals surface area contributed by atoms with Gasteiger partial charge in [0, 0.05) is 41.5 Å². The molecule has 1 N–H and O–H groups in total. The highest BCUT2D eigenvalue weighted by molar-refractivity contribution is 6.18. The largest absolute Gasteiger partial charge is 0.459 e. The molecule has 0 aliphatic heterocycles. The topological polar surface area (TPSA) is 149 Å². The van der Waals surface area contributed by atoms with Crippen molar-refractivity contribution >= 4 is 47.2 Å². The summed E-state index contributed by atoms with van der Waals surface area (Å²) in [4.78, 5) is 72.7. The van der Waals surface area contributed by atoms with E-state index < -0.39 is 48.0 Å². The normalized spacial score (nSPS) is 13.0. The van der Waals surface area contributed by atoms with E-state index in [4.69, 9.17) is 25.8 Å². The molecule has 34 heavy (non-hydrogen) atoms. The van der Waals surface area contributed by atoms with Crippen LogP contribution in [-0.2, 0) is 43.0 Å². The number of nitrogens with zero attached hydrogens (tertiary/aromatic N) is 2. The van der Waals surface area contributed by atoms with Crippen molar-refractivity contribution in [3.05, 3.63) is 0 Å². The van der Waals surface area contributed by atoms with Crippen molar-refractivity contribution in [2.24, 2.45) is 0 Å². The van der Waals surface area contributed by atoms with Crippen LogP contribution < -0.4 is 5.32 Å². The maximum absolute atomic E-state index is 12.3. The lowest BCUT2D eigenvalue weighted by Crippen LogP contribution is -2.50. The average Bonchev–Trinajstić information content (AvgIpc) is 2.68. The molecule has 0 aromatic rings. The maximum atomic E-state index is 12.3. The third-order valence-electron chi connectivity index (χ3n) is 4.34. The summed E-state index contributed by atoms with van der Waals surface area (Å²) in [5.74, 6) is -3.01. The van der Waals surface area contributed by atoms with Gasteiger partial charge in [0.05, 0.1) is 38.6 Å². The van der Waals surface area contributed by atoms with E-state index in [0.717, 1.165) is 0 Å². The van der Waals surface area contributed by atoms with E-state index in [9.17, 15) is 28.8 Å². The van der Waals surface area contributed by atoms with Crippen molar-refractivity contribution in [3.8, 4) is 0 Å². The van der Waals surface area contributed by atoms with Gasteiger partial charge >= 0.3 is 17.9 Å². The first kappa shape index (κ1) is 31.1. The fraction of sp³-hybridized carbons (Fsp3) is 0.714. The molecule has 0 aromatic carbocycles. The van der Waals surface area contributed by atoms with Gasteiger partial charge in [0.2, 0.25) is 17.7 Å². The van der Waals surface area contributed by atoms with E-state index in [2.05, 4.69) is 5.32 Å². The molecule has 194 valence electrons. The first-order valence-corrected chi connectivity index (χ1v) is 11.1. The molecular formula is C21H34ClN3O9. The van der Waals surface area contributed by atoms with Gasteiger partial charge in [-0.25, -0.2) is 0 Å². The Morgan fingerprint density at radius 3 is 1.35 bits per heavy atom. The molecule has 0 aliphatic rings. The maximum Gasteiger partial charge on any atom is 0.303 e. The molecule has 0 bridgehead atoms. The number of carbonyl (C=O) groups is 6. The highest BCUT2D eigenvalue weighted by atomic mass is 35.5. The van der Waals surface area contributed by atoms with E-state index in [1.54, 1.807) is 0 Å². The Kier molecular flexibility index (Phi) is 14.5. The summed E-state index contributed by atoms with van der Waals surface area (Å²) in [5.41, 5.74) is 0. The van der Waals surface area contributed by atoms with Crippen LogP contribution in [-0.4, -0.2) is 102 Å². The SMILES string of the molecule is CC(=O)NC[C@@H](CN(C[C@@H](CN(C[C@@H](CCl)OC(C)=O)C(C)=O)OC(C)=O)C(C)=O)OC(C)=O. The number of ether oxygens (including phenoxy) is 3. The smallest absolute Gasteiger partial charge is 0.303 e. The Labute approximate surface area is 204 Å². The third kappa shape index (κ3) is 14.3. The summed E-state index contributed by atoms with van der Waals surface area (Å²) in [6.45, 7) is 7.04. The molecule has 0 radical (unpaired) electrons. The van der Waals surface area contributed by atoms with Crippen LogP contribution in [0, 0.1) is 0 Å². The number of rotatable bonds is 14. The lowest BCUT2D eigenvalue weighted by Gasteiger charge is -2.33. The summed E-state index contributed by atoms with van der Waals surface area (Å²) in [7, 11) is 0. The summed E-state index contributed by atoms with van der Waals surface area (Å²) in [6.07, 6.45) is -2.58. The molecule has 3 amide bonds. The monoisotopic (exact) mass is 507 g/mol. The molecule has 0 saturated carbocycles. The molecule has 0 spiro atoms. The number of hydrogen-bond donors (Lipinski definition) is 1. The summed E-state index contributed by atoms with van der Waals surface area (Å²) in [6, 6.07) is 0. The number of nitrogens with one attached hydrogen (secondary N) is 1. The summed E-state index contributed by atoms with van der Waals surface area (Å²) >= 11 is 5.83. The Bertz CT molecular complexity index is 747. The van der Waals surface area contributed by atoms with Gasteiger partial charge in [-0.2, -0.15) is 0 Å². The summed E-state index contributed by atoms with van der Waals surface area (Å²) < 4.78 is 15.6. The molecule has 12 nitrogen and oxygen atoms in total. The van der Waals surface area contributed by atoms with Gasteiger partial charge < -0.3 is 29.3 Å². The number of alkyl halides is 1. The van der Waals surface area contributed by atoms with Gasteiger partial charge in [-0.15, -0.1) is 11.6 Å². The molecular weight excluding hydrogens is 474 g/mol. The van der Waals surface area contributed by atoms with Crippen molar-refractivity contribution in [1.82, 2.24) is 15.1 Å². The molecule has 0 heterocycles. The van der Waals surface area contributed by atoms with Crippen molar-refractivity contribution in [2.45, 2.75) is 59.9 Å².